The number of rotatable bonds is 7. The molecule has 106 valence electrons. The number of aromatic carboxylic acids is 1. The van der Waals surface area contributed by atoms with Gasteiger partial charge in [0.2, 0.25) is 0 Å². The summed E-state index contributed by atoms with van der Waals surface area (Å²) in [5.41, 5.74) is 0.939. The van der Waals surface area contributed by atoms with Crippen LogP contribution < -0.4 is 16.0 Å². The molecule has 0 saturated heterocycles. The normalized spacial score (nSPS) is 10.2. The Morgan fingerprint density at radius 1 is 1.37 bits per heavy atom. The Bertz CT molecular complexity index is 442. The topological polar surface area (TPSA) is 106 Å². The van der Waals surface area contributed by atoms with Crippen molar-refractivity contribution in [2.45, 2.75) is 20.3 Å². The Hall–Kier alpha value is -2.02. The van der Waals surface area contributed by atoms with Crippen molar-refractivity contribution in [3.8, 4) is 0 Å². The third-order valence-electron chi connectivity index (χ3n) is 2.48. The summed E-state index contributed by atoms with van der Waals surface area (Å²) in [6, 6.07) is 1.18. The Kier molecular flexibility index (Phi) is 5.87. The predicted molar refractivity (Wildman–Crippen MR) is 72.7 cm³/mol. The van der Waals surface area contributed by atoms with Crippen molar-refractivity contribution in [1.29, 1.82) is 0 Å². The number of aromatic amines is 1. The summed E-state index contributed by atoms with van der Waals surface area (Å²) >= 11 is 0. The number of aryl methyl sites for hydroxylation is 1. The molecule has 19 heavy (non-hydrogen) atoms. The van der Waals surface area contributed by atoms with Crippen LogP contribution in [-0.4, -0.2) is 41.7 Å². The van der Waals surface area contributed by atoms with E-state index < -0.39 is 12.0 Å². The van der Waals surface area contributed by atoms with Crippen LogP contribution in [-0.2, 0) is 0 Å². The van der Waals surface area contributed by atoms with E-state index in [1.807, 2.05) is 6.92 Å². The van der Waals surface area contributed by atoms with Crippen molar-refractivity contribution in [3.05, 3.63) is 17.5 Å². The van der Waals surface area contributed by atoms with Crippen LogP contribution in [0.1, 0.15) is 29.5 Å². The fourth-order valence-corrected chi connectivity index (χ4v) is 1.62. The van der Waals surface area contributed by atoms with Crippen LogP contribution in [0.15, 0.2) is 6.07 Å². The van der Waals surface area contributed by atoms with Crippen molar-refractivity contribution in [1.82, 2.24) is 15.6 Å². The van der Waals surface area contributed by atoms with Gasteiger partial charge in [0.05, 0.1) is 5.69 Å². The molecule has 1 aromatic heterocycles. The van der Waals surface area contributed by atoms with E-state index in [-0.39, 0.29) is 11.4 Å². The number of aromatic nitrogens is 1. The molecule has 1 aromatic rings. The van der Waals surface area contributed by atoms with Gasteiger partial charge >= 0.3 is 12.0 Å². The number of carbonyl (C=O) groups is 2. The molecule has 0 aliphatic rings. The van der Waals surface area contributed by atoms with Gasteiger partial charge in [-0.25, -0.2) is 9.59 Å². The molecule has 0 atom stereocenters. The Morgan fingerprint density at radius 2 is 2.11 bits per heavy atom. The number of amides is 2. The standard InChI is InChI=1S/C12H20N4O3/c1-3-13-5-4-6-14-12(19)16-9-7-8(2)15-10(9)11(17)18/h7,13,15H,3-6H2,1-2H3,(H,17,18)(H2,14,16,19). The molecule has 0 saturated carbocycles. The number of hydrogen-bond donors (Lipinski definition) is 5. The van der Waals surface area contributed by atoms with E-state index in [1.165, 1.54) is 0 Å². The van der Waals surface area contributed by atoms with Crippen molar-refractivity contribution >= 4 is 17.7 Å². The van der Waals surface area contributed by atoms with Crippen LogP contribution in [0.5, 0.6) is 0 Å². The van der Waals surface area contributed by atoms with Crippen LogP contribution in [0.4, 0.5) is 10.5 Å². The van der Waals surface area contributed by atoms with E-state index in [0.717, 1.165) is 19.5 Å². The first-order valence-corrected chi connectivity index (χ1v) is 6.23. The van der Waals surface area contributed by atoms with Gasteiger partial charge in [0.25, 0.3) is 0 Å². The van der Waals surface area contributed by atoms with Crippen LogP contribution in [0, 0.1) is 6.92 Å². The molecule has 1 rings (SSSR count). The molecule has 5 N–H and O–H groups in total. The molecule has 7 nitrogen and oxygen atoms in total. The number of hydrogen-bond acceptors (Lipinski definition) is 3. The second-order valence-corrected chi connectivity index (χ2v) is 4.13. The average molecular weight is 268 g/mol. The van der Waals surface area contributed by atoms with Gasteiger partial charge in [-0.15, -0.1) is 0 Å². The van der Waals surface area contributed by atoms with Gasteiger partial charge < -0.3 is 26.0 Å². The first-order valence-electron chi connectivity index (χ1n) is 6.23. The van der Waals surface area contributed by atoms with Crippen LogP contribution >= 0.6 is 0 Å². The number of nitrogens with one attached hydrogen (secondary N) is 4. The number of urea groups is 1. The zero-order valence-corrected chi connectivity index (χ0v) is 11.2. The number of H-pyrrole nitrogens is 1. The molecule has 0 radical (unpaired) electrons. The Balaban J connectivity index is 2.42. The van der Waals surface area contributed by atoms with E-state index in [4.69, 9.17) is 5.11 Å². The van der Waals surface area contributed by atoms with Gasteiger partial charge in [-0.05, 0) is 32.5 Å². The number of carboxylic acid groups (broad SMARTS) is 1. The lowest BCUT2D eigenvalue weighted by molar-refractivity contribution is 0.0692. The summed E-state index contributed by atoms with van der Waals surface area (Å²) in [6.07, 6.45) is 0.819. The smallest absolute Gasteiger partial charge is 0.354 e. The number of anilines is 1. The minimum absolute atomic E-state index is 0.0136. The summed E-state index contributed by atoms with van der Waals surface area (Å²) in [6.45, 7) is 6.01. The summed E-state index contributed by atoms with van der Waals surface area (Å²) in [7, 11) is 0. The predicted octanol–water partition coefficient (Wildman–Crippen LogP) is 1.14. The van der Waals surface area contributed by atoms with E-state index in [9.17, 15) is 9.59 Å². The molecule has 2 amide bonds. The van der Waals surface area contributed by atoms with Crippen molar-refractivity contribution < 1.29 is 14.7 Å². The van der Waals surface area contributed by atoms with Gasteiger partial charge in [-0.3, -0.25) is 0 Å². The molecule has 0 fully saturated rings. The maximum atomic E-state index is 11.6. The van der Waals surface area contributed by atoms with Gasteiger partial charge in [0, 0.05) is 12.2 Å². The third-order valence-corrected chi connectivity index (χ3v) is 2.48. The highest BCUT2D eigenvalue weighted by Crippen LogP contribution is 2.16. The summed E-state index contributed by atoms with van der Waals surface area (Å²) < 4.78 is 0. The maximum Gasteiger partial charge on any atom is 0.354 e. The highest BCUT2D eigenvalue weighted by Gasteiger charge is 2.14. The molecule has 0 aromatic carbocycles. The molecular formula is C12H20N4O3. The molecule has 0 unspecified atom stereocenters. The van der Waals surface area contributed by atoms with Gasteiger partial charge in [-0.2, -0.15) is 0 Å². The zero-order chi connectivity index (χ0) is 14.3. The van der Waals surface area contributed by atoms with E-state index in [2.05, 4.69) is 20.9 Å². The van der Waals surface area contributed by atoms with Gasteiger partial charge in [0.1, 0.15) is 5.69 Å². The van der Waals surface area contributed by atoms with E-state index in [0.29, 0.717) is 12.2 Å². The number of carboxylic acids is 1. The van der Waals surface area contributed by atoms with E-state index >= 15 is 0 Å². The monoisotopic (exact) mass is 268 g/mol. The molecule has 0 aliphatic heterocycles. The maximum absolute atomic E-state index is 11.6. The fourth-order valence-electron chi connectivity index (χ4n) is 1.62. The first kappa shape index (κ1) is 15.0. The minimum Gasteiger partial charge on any atom is -0.477 e. The molecule has 0 spiro atoms. The van der Waals surface area contributed by atoms with Crippen molar-refractivity contribution in [3.63, 3.8) is 0 Å². The number of carbonyl (C=O) groups excluding carboxylic acids is 1. The molecule has 0 bridgehead atoms. The lowest BCUT2D eigenvalue weighted by atomic mass is 10.3. The third kappa shape index (κ3) is 5.01. The van der Waals surface area contributed by atoms with E-state index in [1.54, 1.807) is 13.0 Å². The van der Waals surface area contributed by atoms with Crippen molar-refractivity contribution in [2.24, 2.45) is 0 Å². The highest BCUT2D eigenvalue weighted by molar-refractivity contribution is 5.99. The average Bonchev–Trinajstić information content (AvgIpc) is 2.70. The molecular weight excluding hydrogens is 248 g/mol. The first-order chi connectivity index (χ1) is 9.04. The SMILES string of the molecule is CCNCCCNC(=O)Nc1cc(C)[nH]c1C(=O)O. The lowest BCUT2D eigenvalue weighted by Crippen LogP contribution is -2.31. The Labute approximate surface area is 111 Å². The fraction of sp³-hybridized carbons (Fsp3) is 0.500. The van der Waals surface area contributed by atoms with Gasteiger partial charge in [-0.1, -0.05) is 6.92 Å². The van der Waals surface area contributed by atoms with Crippen molar-refractivity contribution in [2.75, 3.05) is 25.0 Å². The summed E-state index contributed by atoms with van der Waals surface area (Å²) in [5, 5.41) is 17.3. The highest BCUT2D eigenvalue weighted by atomic mass is 16.4. The second-order valence-electron chi connectivity index (χ2n) is 4.13. The van der Waals surface area contributed by atoms with Crippen LogP contribution in [0.2, 0.25) is 0 Å². The van der Waals surface area contributed by atoms with Gasteiger partial charge in [0.15, 0.2) is 0 Å². The Morgan fingerprint density at radius 3 is 2.74 bits per heavy atom. The zero-order valence-electron chi connectivity index (χ0n) is 11.2. The second kappa shape index (κ2) is 7.42. The summed E-state index contributed by atoms with van der Waals surface area (Å²) in [4.78, 5) is 25.2. The largest absolute Gasteiger partial charge is 0.477 e. The lowest BCUT2D eigenvalue weighted by Gasteiger charge is -2.07. The molecule has 7 heteroatoms. The quantitative estimate of drug-likeness (QED) is 0.478. The summed E-state index contributed by atoms with van der Waals surface area (Å²) in [5.74, 6) is -1.10. The minimum atomic E-state index is -1.10. The molecule has 0 aliphatic carbocycles. The van der Waals surface area contributed by atoms with Crippen LogP contribution in [0.3, 0.4) is 0 Å². The molecule has 1 heterocycles. The van der Waals surface area contributed by atoms with Crippen LogP contribution in [0.25, 0.3) is 0 Å².